The predicted octanol–water partition coefficient (Wildman–Crippen LogP) is 9.04. The van der Waals surface area contributed by atoms with Crippen LogP contribution in [-0.2, 0) is 39.8 Å². The van der Waals surface area contributed by atoms with E-state index >= 15 is 0 Å². The van der Waals surface area contributed by atoms with Gasteiger partial charge < -0.3 is 39.8 Å². The van der Waals surface area contributed by atoms with E-state index in [-0.39, 0.29) is 0 Å². The van der Waals surface area contributed by atoms with Crippen molar-refractivity contribution < 1.29 is 39.8 Å². The Balaban J connectivity index is 0. The minimum atomic E-state index is -2.50. The van der Waals surface area contributed by atoms with Crippen LogP contribution in [0.2, 0.25) is 18.1 Å². The topological polar surface area (TPSA) is 83.1 Å². The zero-order valence-corrected chi connectivity index (χ0v) is 33.7. The van der Waals surface area contributed by atoms with E-state index in [2.05, 4.69) is 6.92 Å². The van der Waals surface area contributed by atoms with E-state index < -0.39 is 26.4 Å². The summed E-state index contributed by atoms with van der Waals surface area (Å²) in [5.74, 6) is 0. The van der Waals surface area contributed by atoms with Crippen LogP contribution in [0.4, 0.5) is 0 Å². The van der Waals surface area contributed by atoms with Gasteiger partial charge in [0.1, 0.15) is 0 Å². The second kappa shape index (κ2) is 31.9. The van der Waals surface area contributed by atoms with Gasteiger partial charge in [0.2, 0.25) is 0 Å². The molecule has 0 heterocycles. The molecule has 0 saturated carbocycles. The first-order chi connectivity index (χ1) is 21.3. The molecule has 0 rings (SSSR count). The van der Waals surface area contributed by atoms with E-state index in [1.54, 1.807) is 0 Å². The minimum absolute atomic E-state index is 0.636. The highest BCUT2D eigenvalue weighted by Gasteiger charge is 2.41. The van der Waals surface area contributed by atoms with Gasteiger partial charge in [0.25, 0.3) is 0 Å². The second-order valence-corrected chi connectivity index (χ2v) is 18.6. The van der Waals surface area contributed by atoms with Gasteiger partial charge in [-0.2, -0.15) is 0 Å². The maximum atomic E-state index is 5.91. The number of unbranched alkanes of at least 4 members (excludes halogenated alkanes) is 8. The van der Waals surface area contributed by atoms with E-state index in [4.69, 9.17) is 39.8 Å². The predicted molar refractivity (Wildman–Crippen MR) is 188 cm³/mol. The first kappa shape index (κ1) is 46.4. The van der Waals surface area contributed by atoms with Crippen molar-refractivity contribution in [1.82, 2.24) is 0 Å². The molecule has 0 unspecified atom stereocenters. The zero-order valence-electron chi connectivity index (χ0n) is 30.7. The summed E-state index contributed by atoms with van der Waals surface area (Å²) in [5, 5.41) is 0. The molecule has 44 heavy (non-hydrogen) atoms. The van der Waals surface area contributed by atoms with Crippen LogP contribution in [0.15, 0.2) is 0 Å². The summed E-state index contributed by atoms with van der Waals surface area (Å²) in [6.45, 7) is 26.2. The molecule has 0 N–H and O–H groups in total. The molecule has 0 aromatic carbocycles. The number of hydrogen-bond acceptors (Lipinski definition) is 9. The molecule has 0 aliphatic carbocycles. The quantitative estimate of drug-likeness (QED) is 0.0508. The third-order valence-electron chi connectivity index (χ3n) is 6.83. The summed E-state index contributed by atoms with van der Waals surface area (Å²) in [7, 11) is -7.36. The van der Waals surface area contributed by atoms with Gasteiger partial charge in [-0.15, -0.1) is 0 Å². The highest BCUT2D eigenvalue weighted by molar-refractivity contribution is 6.61. The number of rotatable bonds is 32. The average molecular weight is 687 g/mol. The summed E-state index contributed by atoms with van der Waals surface area (Å²) in [5.41, 5.74) is 0. The fourth-order valence-corrected chi connectivity index (χ4v) is 13.2. The highest BCUT2D eigenvalue weighted by atomic mass is 28.4. The third kappa shape index (κ3) is 22.8. The van der Waals surface area contributed by atoms with Crippen LogP contribution in [0.1, 0.15) is 133 Å². The van der Waals surface area contributed by atoms with Crippen LogP contribution in [0.5, 0.6) is 0 Å². The standard InChI is InChI=1S/C18H42O6Si2.C14H32O3Si/c1-7-19-25(20-8-2,21-9-3)17-15-13-14-16-18-26(22-10-4,23-11-5)24-12-6;1-5-9-10-11-12-13-14-18(15-6-2,16-7-3)17-8-4/h7-18H2,1-6H3;5-14H2,1-4H3. The lowest BCUT2D eigenvalue weighted by Gasteiger charge is -2.29. The zero-order chi connectivity index (χ0) is 33.4. The smallest absolute Gasteiger partial charge is 0.374 e. The van der Waals surface area contributed by atoms with E-state index in [1.165, 1.54) is 32.1 Å². The van der Waals surface area contributed by atoms with Gasteiger partial charge in [-0.25, -0.2) is 0 Å². The molecule has 0 radical (unpaired) electrons. The Morgan fingerprint density at radius 3 is 0.614 bits per heavy atom. The van der Waals surface area contributed by atoms with Crippen molar-refractivity contribution in [2.24, 2.45) is 0 Å². The lowest BCUT2D eigenvalue weighted by atomic mass is 10.1. The molecule has 0 saturated heterocycles. The molecule has 0 fully saturated rings. The van der Waals surface area contributed by atoms with Gasteiger partial charge in [-0.3, -0.25) is 0 Å². The molecule has 9 nitrogen and oxygen atoms in total. The Morgan fingerprint density at radius 1 is 0.250 bits per heavy atom. The second-order valence-electron chi connectivity index (χ2n) is 10.4. The van der Waals surface area contributed by atoms with Crippen molar-refractivity contribution >= 4 is 26.4 Å². The molecule has 0 amide bonds. The molecular weight excluding hydrogens is 613 g/mol. The molecule has 0 aliphatic heterocycles. The normalized spacial score (nSPS) is 12.4. The fourth-order valence-electron chi connectivity index (χ4n) is 5.16. The van der Waals surface area contributed by atoms with E-state index in [9.17, 15) is 0 Å². The van der Waals surface area contributed by atoms with E-state index in [0.717, 1.165) is 50.2 Å². The Morgan fingerprint density at radius 2 is 0.432 bits per heavy atom. The lowest BCUT2D eigenvalue weighted by Crippen LogP contribution is -2.46. The Bertz CT molecular complexity index is 510. The summed E-state index contributed by atoms with van der Waals surface area (Å²) in [6.07, 6.45) is 12.1. The molecule has 0 aromatic heterocycles. The summed E-state index contributed by atoms with van der Waals surface area (Å²) in [4.78, 5) is 0. The third-order valence-corrected chi connectivity index (χ3v) is 16.3. The maximum absolute atomic E-state index is 5.91. The first-order valence-corrected chi connectivity index (χ1v) is 23.9. The first-order valence-electron chi connectivity index (χ1n) is 18.1. The van der Waals surface area contributed by atoms with Crippen molar-refractivity contribution in [2.45, 2.75) is 152 Å². The van der Waals surface area contributed by atoms with Gasteiger partial charge in [0.05, 0.1) is 0 Å². The van der Waals surface area contributed by atoms with Crippen LogP contribution in [-0.4, -0.2) is 85.9 Å². The van der Waals surface area contributed by atoms with Crippen molar-refractivity contribution in [1.29, 1.82) is 0 Å². The van der Waals surface area contributed by atoms with Crippen LogP contribution in [0.25, 0.3) is 0 Å². The molecule has 0 atom stereocenters. The monoisotopic (exact) mass is 686 g/mol. The largest absolute Gasteiger partial charge is 0.500 e. The van der Waals surface area contributed by atoms with E-state index in [0.29, 0.717) is 59.5 Å². The fraction of sp³-hybridized carbons (Fsp3) is 1.00. The SMILES string of the molecule is CCCCCCCC[Si](OCC)(OCC)OCC.CCO[Si](CCCCCC[Si](OCC)(OCC)OCC)(OCC)OCC. The molecule has 12 heteroatoms. The van der Waals surface area contributed by atoms with Gasteiger partial charge in [0, 0.05) is 77.6 Å². The Labute approximate surface area is 276 Å². The average Bonchev–Trinajstić information content (AvgIpc) is 2.98. The van der Waals surface area contributed by atoms with Crippen LogP contribution in [0.3, 0.4) is 0 Å². The van der Waals surface area contributed by atoms with Crippen molar-refractivity contribution in [3.8, 4) is 0 Å². The maximum Gasteiger partial charge on any atom is 0.500 e. The molecule has 0 aliphatic rings. The minimum Gasteiger partial charge on any atom is -0.374 e. The van der Waals surface area contributed by atoms with E-state index in [1.807, 2.05) is 62.3 Å². The Kier molecular flexibility index (Phi) is 33.6. The molecular formula is C32H74O9Si3. The van der Waals surface area contributed by atoms with Crippen molar-refractivity contribution in [3.05, 3.63) is 0 Å². The van der Waals surface area contributed by atoms with Crippen LogP contribution in [0, 0.1) is 0 Å². The molecule has 0 bridgehead atoms. The van der Waals surface area contributed by atoms with Crippen LogP contribution >= 0.6 is 0 Å². The Hall–Kier alpha value is 0.291. The van der Waals surface area contributed by atoms with Crippen molar-refractivity contribution in [2.75, 3.05) is 59.5 Å². The number of hydrogen-bond donors (Lipinski definition) is 0. The van der Waals surface area contributed by atoms with Crippen LogP contribution < -0.4 is 0 Å². The summed E-state index contributed by atoms with van der Waals surface area (Å²) in [6, 6.07) is 2.73. The molecule has 0 aromatic rings. The van der Waals surface area contributed by atoms with Gasteiger partial charge >= 0.3 is 26.4 Å². The molecule has 0 spiro atoms. The summed E-state index contributed by atoms with van der Waals surface area (Å²) < 4.78 is 52.9. The lowest BCUT2D eigenvalue weighted by molar-refractivity contribution is 0.0688. The van der Waals surface area contributed by atoms with Gasteiger partial charge in [0.15, 0.2) is 0 Å². The highest BCUT2D eigenvalue weighted by Crippen LogP contribution is 2.24. The summed E-state index contributed by atoms with van der Waals surface area (Å²) >= 11 is 0. The van der Waals surface area contributed by atoms with Crippen molar-refractivity contribution in [3.63, 3.8) is 0 Å². The molecule has 268 valence electrons. The van der Waals surface area contributed by atoms with Gasteiger partial charge in [-0.1, -0.05) is 51.9 Å². The van der Waals surface area contributed by atoms with Gasteiger partial charge in [-0.05, 0) is 81.6 Å².